The highest BCUT2D eigenvalue weighted by Gasteiger charge is 2.59. The summed E-state index contributed by atoms with van der Waals surface area (Å²) in [5.41, 5.74) is 4.09. The summed E-state index contributed by atoms with van der Waals surface area (Å²) in [6, 6.07) is 5.69. The van der Waals surface area contributed by atoms with Crippen LogP contribution in [0.25, 0.3) is 11.3 Å². The maximum atomic E-state index is 13.1. The first-order valence-electron chi connectivity index (χ1n) is 13.2. The Kier molecular flexibility index (Phi) is 8.19. The van der Waals surface area contributed by atoms with Gasteiger partial charge in [-0.1, -0.05) is 42.0 Å². The Morgan fingerprint density at radius 2 is 2.12 bits per heavy atom. The lowest BCUT2D eigenvalue weighted by Gasteiger charge is -2.33. The van der Waals surface area contributed by atoms with E-state index in [9.17, 15) is 23.9 Å². The Hall–Kier alpha value is -4.04. The zero-order valence-corrected chi connectivity index (χ0v) is 23.4. The van der Waals surface area contributed by atoms with E-state index < -0.39 is 41.8 Å². The molecule has 5 unspecified atom stereocenters. The third-order valence-electron chi connectivity index (χ3n) is 7.82. The number of hydroxylamine groups is 1. The number of amides is 1. The Morgan fingerprint density at radius 1 is 1.38 bits per heavy atom. The van der Waals surface area contributed by atoms with Crippen LogP contribution in [-0.4, -0.2) is 68.0 Å². The third kappa shape index (κ3) is 5.68. The van der Waals surface area contributed by atoms with Crippen molar-refractivity contribution in [2.24, 2.45) is 17.7 Å². The molecule has 1 aromatic carbocycles. The van der Waals surface area contributed by atoms with Crippen LogP contribution in [0.3, 0.4) is 0 Å². The maximum absolute atomic E-state index is 13.1. The van der Waals surface area contributed by atoms with Crippen molar-refractivity contribution in [1.29, 1.82) is 0 Å². The van der Waals surface area contributed by atoms with Crippen molar-refractivity contribution in [1.82, 2.24) is 15.0 Å². The smallest absolute Gasteiger partial charge is 0.411 e. The molecule has 11 nitrogen and oxygen atoms in total. The summed E-state index contributed by atoms with van der Waals surface area (Å²) in [5.74, 6) is 5.72. The number of allylic oxidation sites excluding steroid dienone is 3. The minimum Gasteiger partial charge on any atom is -0.453 e. The predicted octanol–water partition coefficient (Wildman–Crippen LogP) is 2.84. The molecule has 2 heterocycles. The first-order valence-corrected chi connectivity index (χ1v) is 13.6. The van der Waals surface area contributed by atoms with E-state index in [0.29, 0.717) is 40.7 Å². The highest BCUT2D eigenvalue weighted by Crippen LogP contribution is 2.46. The zero-order valence-electron chi connectivity index (χ0n) is 22.6. The number of carbonyl (C=O) groups excluding carboxylic acids is 1. The number of hydrogen-bond acceptors (Lipinski definition) is 7. The number of halogens is 3. The summed E-state index contributed by atoms with van der Waals surface area (Å²) in [6.45, 7) is 0. The summed E-state index contributed by atoms with van der Waals surface area (Å²) in [4.78, 5) is 19.1. The normalized spacial score (nSPS) is 27.2. The van der Waals surface area contributed by atoms with E-state index in [-0.39, 0.29) is 5.92 Å². The van der Waals surface area contributed by atoms with Crippen LogP contribution in [0.1, 0.15) is 18.7 Å². The van der Waals surface area contributed by atoms with Crippen molar-refractivity contribution in [3.63, 3.8) is 0 Å². The quantitative estimate of drug-likeness (QED) is 0.122. The molecule has 1 aliphatic heterocycles. The summed E-state index contributed by atoms with van der Waals surface area (Å²) < 4.78 is 31.7. The fourth-order valence-corrected chi connectivity index (χ4v) is 5.96. The van der Waals surface area contributed by atoms with E-state index in [1.54, 1.807) is 48.7 Å². The number of aliphatic hydroxyl groups is 1. The van der Waals surface area contributed by atoms with Gasteiger partial charge in [-0.3, -0.25) is 10.5 Å². The molecule has 42 heavy (non-hydrogen) atoms. The molecule has 0 radical (unpaired) electrons. The lowest BCUT2D eigenvalue weighted by molar-refractivity contribution is -0.808. The number of aromatic amines is 1. The van der Waals surface area contributed by atoms with Gasteiger partial charge in [-0.25, -0.2) is 15.6 Å². The fourth-order valence-electron chi connectivity index (χ4n) is 5.75. The number of H-pyrrole nitrogens is 1. The average molecular weight is 604 g/mol. The van der Waals surface area contributed by atoms with Gasteiger partial charge in [0, 0.05) is 28.1 Å². The van der Waals surface area contributed by atoms with E-state index in [4.69, 9.17) is 17.4 Å². The SMILES string of the molecule is COC(=O)Nc1ccc(-c2cnc(C3(O)CCC4C=C(C5C=C(Cl)C=CC5N(N)C=C([NH3+])C(F)F)C=[N+](O)C43)[nH]2)cc1. The number of rotatable bonds is 7. The molecule has 0 bridgehead atoms. The number of nitrogens with zero attached hydrogens (tertiary/aromatic N) is 3. The third-order valence-corrected chi connectivity index (χ3v) is 8.08. The summed E-state index contributed by atoms with van der Waals surface area (Å²) in [7, 11) is 1.28. The van der Waals surface area contributed by atoms with Gasteiger partial charge in [0.2, 0.25) is 12.3 Å². The maximum Gasteiger partial charge on any atom is 0.411 e. The highest BCUT2D eigenvalue weighted by molar-refractivity contribution is 6.31. The van der Waals surface area contributed by atoms with Gasteiger partial charge in [-0.2, -0.15) is 8.78 Å². The number of anilines is 1. The minimum atomic E-state index is -2.75. The molecule has 0 spiro atoms. The van der Waals surface area contributed by atoms with E-state index in [1.165, 1.54) is 13.3 Å². The van der Waals surface area contributed by atoms with Crippen LogP contribution in [0.2, 0.25) is 0 Å². The van der Waals surface area contributed by atoms with Gasteiger partial charge < -0.3 is 25.6 Å². The molecule has 2 aromatic rings. The first-order chi connectivity index (χ1) is 20.0. The number of aromatic nitrogens is 2. The molecule has 222 valence electrons. The molecular weight excluding hydrogens is 572 g/mol. The van der Waals surface area contributed by atoms with Crippen molar-refractivity contribution >= 4 is 29.6 Å². The molecule has 14 heteroatoms. The Balaban J connectivity index is 1.37. The van der Waals surface area contributed by atoms with Crippen LogP contribution in [0, 0.1) is 11.8 Å². The lowest BCUT2D eigenvalue weighted by atomic mass is 9.82. The molecule has 0 saturated heterocycles. The van der Waals surface area contributed by atoms with E-state index in [0.717, 1.165) is 21.5 Å². The van der Waals surface area contributed by atoms with Crippen LogP contribution in [0.5, 0.6) is 0 Å². The number of nitrogens with two attached hydrogens (primary N) is 1. The lowest BCUT2D eigenvalue weighted by Crippen LogP contribution is -2.53. The van der Waals surface area contributed by atoms with Gasteiger partial charge in [-0.15, -0.1) is 0 Å². The van der Waals surface area contributed by atoms with Crippen molar-refractivity contribution < 1.29 is 39.1 Å². The van der Waals surface area contributed by atoms with E-state index in [2.05, 4.69) is 25.8 Å². The minimum absolute atomic E-state index is 0.262. The van der Waals surface area contributed by atoms with Crippen molar-refractivity contribution in [3.05, 3.63) is 83.1 Å². The van der Waals surface area contributed by atoms with Crippen LogP contribution >= 0.6 is 11.6 Å². The monoisotopic (exact) mass is 603 g/mol. The fraction of sp³-hybridized carbons (Fsp3) is 0.321. The van der Waals surface area contributed by atoms with Gasteiger partial charge in [0.1, 0.15) is 5.82 Å². The van der Waals surface area contributed by atoms with Gasteiger partial charge in [-0.05, 0) is 41.4 Å². The number of ether oxygens (including phenoxy) is 1. The van der Waals surface area contributed by atoms with Gasteiger partial charge in [0.25, 0.3) is 0 Å². The molecule has 2 aliphatic carbocycles. The second kappa shape index (κ2) is 11.7. The van der Waals surface area contributed by atoms with Gasteiger partial charge in [0.05, 0.1) is 31.2 Å². The molecule has 5 atom stereocenters. The van der Waals surface area contributed by atoms with Crippen LogP contribution in [-0.2, 0) is 10.3 Å². The molecule has 3 aliphatic rings. The number of hydrogen-bond donors (Lipinski definition) is 6. The van der Waals surface area contributed by atoms with Gasteiger partial charge in [0.15, 0.2) is 11.3 Å². The summed E-state index contributed by atoms with van der Waals surface area (Å²) in [5, 5.41) is 27.2. The van der Waals surface area contributed by atoms with Crippen LogP contribution in [0.4, 0.5) is 19.3 Å². The van der Waals surface area contributed by atoms with Crippen LogP contribution in [0.15, 0.2) is 77.3 Å². The molecule has 1 saturated carbocycles. The molecule has 1 fully saturated rings. The molecule has 1 amide bonds. The number of quaternary nitrogens is 1. The molecule has 5 rings (SSSR count). The van der Waals surface area contributed by atoms with E-state index >= 15 is 0 Å². The Bertz CT molecular complexity index is 1500. The molecule has 1 aromatic heterocycles. The number of methoxy groups -OCH3 is 1. The first kappa shape index (κ1) is 29.5. The number of hydrazine groups is 1. The number of alkyl halides is 2. The number of fused-ring (bicyclic) bond motifs is 1. The van der Waals surface area contributed by atoms with Gasteiger partial charge >= 0.3 is 12.5 Å². The Labute approximate surface area is 245 Å². The topological polar surface area (TPSA) is 167 Å². The van der Waals surface area contributed by atoms with Crippen LogP contribution < -0.4 is 16.9 Å². The number of carbonyl (C=O) groups is 1. The average Bonchev–Trinajstić information content (AvgIpc) is 3.59. The molecule has 9 N–H and O–H groups in total. The number of imidazole rings is 1. The standard InChI is InChI=1S/C28H30ClF2N7O4/c1-42-27(39)35-19-5-2-15(3-6-19)22-12-34-26(36-22)28(40)9-8-16-10-17(13-38(41)24(16)28)20-11-18(29)4-7-23(20)37(33)14-21(32)25(30)31/h2-7,10-14,16,20,23-25,40H,8-9,32-33H2,1H3,(H2-,34,35,36,39,41)/p+2. The number of benzene rings is 1. The van der Waals surface area contributed by atoms with Crippen molar-refractivity contribution in [2.45, 2.75) is 37.0 Å². The summed E-state index contributed by atoms with van der Waals surface area (Å²) in [6.07, 6.45) is 8.77. The highest BCUT2D eigenvalue weighted by atomic mass is 35.5. The predicted molar refractivity (Wildman–Crippen MR) is 150 cm³/mol. The second-order valence-corrected chi connectivity index (χ2v) is 10.9. The van der Waals surface area contributed by atoms with Crippen molar-refractivity contribution in [3.8, 4) is 11.3 Å². The number of nitrogens with one attached hydrogen (secondary N) is 2. The zero-order chi connectivity index (χ0) is 30.2. The second-order valence-electron chi connectivity index (χ2n) is 10.5. The van der Waals surface area contributed by atoms with E-state index in [1.807, 2.05) is 6.08 Å². The molecular formula is C28H32ClF2N7O4+2. The summed E-state index contributed by atoms with van der Waals surface area (Å²) >= 11 is 6.29. The Morgan fingerprint density at radius 3 is 2.81 bits per heavy atom. The largest absolute Gasteiger partial charge is 0.453 e. The van der Waals surface area contributed by atoms with Crippen molar-refractivity contribution in [2.75, 3.05) is 12.4 Å².